The highest BCUT2D eigenvalue weighted by molar-refractivity contribution is 6.17. The van der Waals surface area contributed by atoms with E-state index in [9.17, 15) is 14.4 Å². The van der Waals surface area contributed by atoms with Crippen LogP contribution >= 0.6 is 0 Å². The third-order valence-corrected chi connectivity index (χ3v) is 4.30. The number of carbonyl (C=O) groups excluding carboxylic acids is 3. The SMILES string of the molecule is CCC1C(=O)C(C2C=CC=CCC2=O)=C(N)C(CC)C1=O. The molecule has 0 radical (unpaired) electrons. The fourth-order valence-corrected chi connectivity index (χ4v) is 3.11. The first-order chi connectivity index (χ1) is 10.0. The zero-order valence-corrected chi connectivity index (χ0v) is 12.5. The lowest BCUT2D eigenvalue weighted by Gasteiger charge is -2.31. The van der Waals surface area contributed by atoms with Gasteiger partial charge in [0.2, 0.25) is 0 Å². The lowest BCUT2D eigenvalue weighted by molar-refractivity contribution is -0.135. The Labute approximate surface area is 124 Å². The Balaban J connectivity index is 2.52. The van der Waals surface area contributed by atoms with Crippen LogP contribution in [0.25, 0.3) is 0 Å². The Kier molecular flexibility index (Phi) is 4.56. The summed E-state index contributed by atoms with van der Waals surface area (Å²) in [5.41, 5.74) is 6.75. The van der Waals surface area contributed by atoms with Gasteiger partial charge in [-0.15, -0.1) is 0 Å². The molecule has 2 aliphatic carbocycles. The molecule has 0 saturated carbocycles. The molecule has 2 rings (SSSR count). The zero-order chi connectivity index (χ0) is 15.6. The fourth-order valence-electron chi connectivity index (χ4n) is 3.11. The number of allylic oxidation sites excluding steroid dienone is 6. The summed E-state index contributed by atoms with van der Waals surface area (Å²) in [6.45, 7) is 3.69. The smallest absolute Gasteiger partial charge is 0.172 e. The molecule has 0 bridgehead atoms. The molecule has 0 saturated heterocycles. The number of carbonyl (C=O) groups is 3. The Bertz CT molecular complexity index is 569. The second-order valence-electron chi connectivity index (χ2n) is 5.52. The molecule has 3 unspecified atom stereocenters. The van der Waals surface area contributed by atoms with Crippen molar-refractivity contribution in [1.82, 2.24) is 0 Å². The molecule has 0 aromatic heterocycles. The summed E-state index contributed by atoms with van der Waals surface area (Å²) in [6, 6.07) is 0. The predicted molar refractivity (Wildman–Crippen MR) is 80.2 cm³/mol. The van der Waals surface area contributed by atoms with Gasteiger partial charge in [0, 0.05) is 17.7 Å². The summed E-state index contributed by atoms with van der Waals surface area (Å²) < 4.78 is 0. The van der Waals surface area contributed by atoms with Crippen LogP contribution in [-0.2, 0) is 14.4 Å². The molecule has 4 nitrogen and oxygen atoms in total. The third-order valence-electron chi connectivity index (χ3n) is 4.30. The van der Waals surface area contributed by atoms with Gasteiger partial charge >= 0.3 is 0 Å². The molecule has 0 amide bonds. The molecule has 112 valence electrons. The fraction of sp³-hybridized carbons (Fsp3) is 0.471. The van der Waals surface area contributed by atoms with Gasteiger partial charge in [-0.1, -0.05) is 38.2 Å². The standard InChI is InChI=1S/C17H21NO3/c1-3-10-15(18)14(17(21)11(4-2)16(10)20)12-8-6-5-7-9-13(12)19/h5-8,10-12H,3-4,9,18H2,1-2H3. The molecule has 3 atom stereocenters. The molecule has 0 spiro atoms. The maximum atomic E-state index is 12.6. The van der Waals surface area contributed by atoms with Crippen molar-refractivity contribution in [2.24, 2.45) is 23.5 Å². The Morgan fingerprint density at radius 3 is 2.38 bits per heavy atom. The average Bonchev–Trinajstić information content (AvgIpc) is 2.65. The van der Waals surface area contributed by atoms with Crippen molar-refractivity contribution in [2.75, 3.05) is 0 Å². The molecule has 0 fully saturated rings. The van der Waals surface area contributed by atoms with Gasteiger partial charge in [-0.3, -0.25) is 14.4 Å². The number of ketones is 3. The number of rotatable bonds is 3. The summed E-state index contributed by atoms with van der Waals surface area (Å²) in [4.78, 5) is 37.2. The zero-order valence-electron chi connectivity index (χ0n) is 12.5. The Hall–Kier alpha value is -1.97. The van der Waals surface area contributed by atoms with Crippen LogP contribution in [0.5, 0.6) is 0 Å². The third kappa shape index (κ3) is 2.62. The van der Waals surface area contributed by atoms with Crippen molar-refractivity contribution in [3.63, 3.8) is 0 Å². The molecular formula is C17H21NO3. The van der Waals surface area contributed by atoms with E-state index in [2.05, 4.69) is 0 Å². The molecule has 2 aliphatic rings. The first kappa shape index (κ1) is 15.4. The quantitative estimate of drug-likeness (QED) is 0.806. The van der Waals surface area contributed by atoms with Crippen molar-refractivity contribution in [2.45, 2.75) is 33.1 Å². The molecule has 0 heterocycles. The van der Waals surface area contributed by atoms with Crippen LogP contribution < -0.4 is 5.73 Å². The van der Waals surface area contributed by atoms with Gasteiger partial charge in [-0.2, -0.15) is 0 Å². The first-order valence-corrected chi connectivity index (χ1v) is 7.46. The second-order valence-corrected chi connectivity index (χ2v) is 5.52. The van der Waals surface area contributed by atoms with Gasteiger partial charge in [0.15, 0.2) is 11.6 Å². The Morgan fingerprint density at radius 1 is 1.10 bits per heavy atom. The van der Waals surface area contributed by atoms with Crippen LogP contribution in [-0.4, -0.2) is 17.3 Å². The summed E-state index contributed by atoms with van der Waals surface area (Å²) in [6.07, 6.45) is 8.32. The molecular weight excluding hydrogens is 266 g/mol. The lowest BCUT2D eigenvalue weighted by atomic mass is 9.71. The maximum Gasteiger partial charge on any atom is 0.172 e. The topological polar surface area (TPSA) is 77.2 Å². The highest BCUT2D eigenvalue weighted by Crippen LogP contribution is 2.35. The van der Waals surface area contributed by atoms with E-state index in [0.29, 0.717) is 24.1 Å². The molecule has 0 aromatic carbocycles. The molecule has 21 heavy (non-hydrogen) atoms. The van der Waals surface area contributed by atoms with E-state index in [0.717, 1.165) is 0 Å². The maximum absolute atomic E-state index is 12.6. The van der Waals surface area contributed by atoms with E-state index in [-0.39, 0.29) is 23.8 Å². The van der Waals surface area contributed by atoms with Gasteiger partial charge in [0.25, 0.3) is 0 Å². The predicted octanol–water partition coefficient (Wildman–Crippen LogP) is 2.10. The lowest BCUT2D eigenvalue weighted by Crippen LogP contribution is -2.42. The van der Waals surface area contributed by atoms with Gasteiger partial charge in [0.1, 0.15) is 5.78 Å². The van der Waals surface area contributed by atoms with Crippen molar-refractivity contribution >= 4 is 17.3 Å². The van der Waals surface area contributed by atoms with Crippen LogP contribution in [0.15, 0.2) is 35.6 Å². The Morgan fingerprint density at radius 2 is 1.76 bits per heavy atom. The summed E-state index contributed by atoms with van der Waals surface area (Å²) in [5.74, 6) is -2.15. The van der Waals surface area contributed by atoms with Crippen LogP contribution in [0.1, 0.15) is 33.1 Å². The van der Waals surface area contributed by atoms with E-state index < -0.39 is 17.8 Å². The number of hydrogen-bond donors (Lipinski definition) is 1. The molecule has 0 aromatic rings. The minimum atomic E-state index is -0.658. The van der Waals surface area contributed by atoms with Gasteiger partial charge in [0.05, 0.1) is 17.8 Å². The van der Waals surface area contributed by atoms with E-state index in [4.69, 9.17) is 5.73 Å². The minimum Gasteiger partial charge on any atom is -0.401 e. The van der Waals surface area contributed by atoms with E-state index in [1.807, 2.05) is 13.8 Å². The van der Waals surface area contributed by atoms with Crippen molar-refractivity contribution in [3.8, 4) is 0 Å². The van der Waals surface area contributed by atoms with E-state index in [1.54, 1.807) is 24.3 Å². The van der Waals surface area contributed by atoms with Crippen molar-refractivity contribution < 1.29 is 14.4 Å². The van der Waals surface area contributed by atoms with E-state index in [1.165, 1.54) is 0 Å². The van der Waals surface area contributed by atoms with Crippen LogP contribution in [0.3, 0.4) is 0 Å². The van der Waals surface area contributed by atoms with Crippen LogP contribution in [0, 0.1) is 17.8 Å². The monoisotopic (exact) mass is 287 g/mol. The molecule has 0 aliphatic heterocycles. The van der Waals surface area contributed by atoms with Crippen molar-refractivity contribution in [3.05, 3.63) is 35.6 Å². The summed E-state index contributed by atoms with van der Waals surface area (Å²) in [7, 11) is 0. The molecule has 4 heteroatoms. The van der Waals surface area contributed by atoms with Gasteiger partial charge in [-0.05, 0) is 12.8 Å². The van der Waals surface area contributed by atoms with Crippen LogP contribution in [0.4, 0.5) is 0 Å². The average molecular weight is 287 g/mol. The van der Waals surface area contributed by atoms with Gasteiger partial charge in [-0.25, -0.2) is 0 Å². The summed E-state index contributed by atoms with van der Waals surface area (Å²) in [5, 5.41) is 0. The summed E-state index contributed by atoms with van der Waals surface area (Å²) >= 11 is 0. The minimum absolute atomic E-state index is 0.0506. The van der Waals surface area contributed by atoms with E-state index >= 15 is 0 Å². The largest absolute Gasteiger partial charge is 0.401 e. The number of nitrogens with two attached hydrogens (primary N) is 1. The first-order valence-electron chi connectivity index (χ1n) is 7.46. The highest BCUT2D eigenvalue weighted by atomic mass is 16.2. The second kappa shape index (κ2) is 6.20. The van der Waals surface area contributed by atoms with Crippen LogP contribution in [0.2, 0.25) is 0 Å². The van der Waals surface area contributed by atoms with Crippen molar-refractivity contribution in [1.29, 1.82) is 0 Å². The van der Waals surface area contributed by atoms with Gasteiger partial charge < -0.3 is 5.73 Å². The number of hydrogen-bond acceptors (Lipinski definition) is 4. The highest BCUT2D eigenvalue weighted by Gasteiger charge is 2.43. The number of Topliss-reactive ketones (excluding diaryl/α,β-unsaturated/α-hetero) is 3. The normalized spacial score (nSPS) is 30.0. The molecule has 2 N–H and O–H groups in total.